The van der Waals surface area contributed by atoms with Crippen molar-refractivity contribution >= 4 is 40.6 Å². The Balaban J connectivity index is 1.45. The van der Waals surface area contributed by atoms with E-state index >= 15 is 0 Å². The molecular formula is C19H17Cl2N5OS. The lowest BCUT2D eigenvalue weighted by Gasteiger charge is -2.15. The molecule has 0 fully saturated rings. The van der Waals surface area contributed by atoms with Gasteiger partial charge in [-0.3, -0.25) is 0 Å². The highest BCUT2D eigenvalue weighted by molar-refractivity contribution is 7.98. The van der Waals surface area contributed by atoms with Crippen molar-refractivity contribution in [3.05, 3.63) is 70.4 Å². The third kappa shape index (κ3) is 3.97. The van der Waals surface area contributed by atoms with Crippen molar-refractivity contribution in [1.82, 2.24) is 24.1 Å². The number of aromatic nitrogens is 5. The zero-order valence-corrected chi connectivity index (χ0v) is 17.5. The topological polar surface area (TPSA) is 57.2 Å². The van der Waals surface area contributed by atoms with Gasteiger partial charge in [-0.1, -0.05) is 41.0 Å². The fourth-order valence-electron chi connectivity index (χ4n) is 2.82. The number of pyridine rings is 1. The van der Waals surface area contributed by atoms with Gasteiger partial charge in [0.1, 0.15) is 11.4 Å². The van der Waals surface area contributed by atoms with E-state index in [2.05, 4.69) is 15.2 Å². The number of thioether (sulfide) groups is 1. The minimum atomic E-state index is -0.319. The van der Waals surface area contributed by atoms with Crippen LogP contribution in [0.5, 0.6) is 5.75 Å². The van der Waals surface area contributed by atoms with Gasteiger partial charge in [0, 0.05) is 30.2 Å². The summed E-state index contributed by atoms with van der Waals surface area (Å²) in [5.41, 5.74) is 1.91. The molecule has 0 amide bonds. The lowest BCUT2D eigenvalue weighted by molar-refractivity contribution is 0.211. The number of rotatable bonds is 6. The Kier molecular flexibility index (Phi) is 5.48. The summed E-state index contributed by atoms with van der Waals surface area (Å²) in [6, 6.07) is 11.1. The standard InChI is InChI=1S/C19H17Cl2N5OS/c1-12(27-16-7-6-13(20)9-15(16)21)18-23-24-19(25(18)2)28-11-14-10-26-8-4-3-5-17(26)22-14/h3-10,12H,11H2,1-2H3. The Bertz CT molecular complexity index is 1090. The number of ether oxygens (including phenoxy) is 1. The highest BCUT2D eigenvalue weighted by Crippen LogP contribution is 2.31. The first-order chi connectivity index (χ1) is 13.5. The molecule has 0 saturated heterocycles. The lowest BCUT2D eigenvalue weighted by atomic mass is 10.3. The van der Waals surface area contributed by atoms with Crippen LogP contribution in [-0.4, -0.2) is 24.1 Å². The van der Waals surface area contributed by atoms with Gasteiger partial charge in [0.15, 0.2) is 17.1 Å². The molecule has 0 N–H and O–H groups in total. The summed E-state index contributed by atoms with van der Waals surface area (Å²) < 4.78 is 9.87. The zero-order valence-electron chi connectivity index (χ0n) is 15.2. The van der Waals surface area contributed by atoms with E-state index in [4.69, 9.17) is 27.9 Å². The maximum atomic E-state index is 6.19. The molecule has 1 aromatic carbocycles. The van der Waals surface area contributed by atoms with Gasteiger partial charge in [0.25, 0.3) is 0 Å². The van der Waals surface area contributed by atoms with Crippen LogP contribution in [0.3, 0.4) is 0 Å². The first-order valence-corrected chi connectivity index (χ1v) is 10.3. The molecule has 9 heteroatoms. The number of halogens is 2. The minimum Gasteiger partial charge on any atom is -0.481 e. The van der Waals surface area contributed by atoms with Crippen molar-refractivity contribution in [1.29, 1.82) is 0 Å². The molecule has 6 nitrogen and oxygen atoms in total. The van der Waals surface area contributed by atoms with Crippen LogP contribution >= 0.6 is 35.0 Å². The normalized spacial score (nSPS) is 12.4. The Labute approximate surface area is 176 Å². The summed E-state index contributed by atoms with van der Waals surface area (Å²) in [5.74, 6) is 1.97. The summed E-state index contributed by atoms with van der Waals surface area (Å²) in [5, 5.41) is 10.4. The summed E-state index contributed by atoms with van der Waals surface area (Å²) in [6.45, 7) is 1.91. The molecule has 28 heavy (non-hydrogen) atoms. The number of hydrogen-bond donors (Lipinski definition) is 0. The second-order valence-electron chi connectivity index (χ2n) is 6.22. The second-order valence-corrected chi connectivity index (χ2v) is 8.01. The molecule has 0 aliphatic heterocycles. The van der Waals surface area contributed by atoms with Crippen LogP contribution in [0, 0.1) is 0 Å². The molecule has 1 atom stereocenters. The van der Waals surface area contributed by atoms with Gasteiger partial charge in [0.2, 0.25) is 0 Å². The van der Waals surface area contributed by atoms with Crippen LogP contribution in [0.15, 0.2) is 53.9 Å². The highest BCUT2D eigenvalue weighted by Gasteiger charge is 2.18. The van der Waals surface area contributed by atoms with Crippen molar-refractivity contribution < 1.29 is 4.74 Å². The van der Waals surface area contributed by atoms with E-state index in [1.807, 2.05) is 53.5 Å². The predicted octanol–water partition coefficient (Wildman–Crippen LogP) is 5.20. The number of imidazole rings is 1. The van der Waals surface area contributed by atoms with E-state index in [1.165, 1.54) is 0 Å². The van der Waals surface area contributed by atoms with Gasteiger partial charge in [-0.05, 0) is 37.3 Å². The average molecular weight is 434 g/mol. The monoisotopic (exact) mass is 433 g/mol. The fraction of sp³-hybridized carbons (Fsp3) is 0.211. The number of nitrogens with zero attached hydrogens (tertiary/aromatic N) is 5. The molecule has 0 saturated carbocycles. The van der Waals surface area contributed by atoms with Crippen molar-refractivity contribution in [2.75, 3.05) is 0 Å². The molecular weight excluding hydrogens is 417 g/mol. The molecule has 3 heterocycles. The SMILES string of the molecule is CC(Oc1ccc(Cl)cc1Cl)c1nnc(SCc2cn3ccccc3n2)n1C. The van der Waals surface area contributed by atoms with E-state index in [1.54, 1.807) is 30.0 Å². The molecule has 0 radical (unpaired) electrons. The molecule has 4 rings (SSSR count). The Hall–Kier alpha value is -2.22. The van der Waals surface area contributed by atoms with Crippen LogP contribution in [0.4, 0.5) is 0 Å². The van der Waals surface area contributed by atoms with Gasteiger partial charge in [-0.2, -0.15) is 0 Å². The van der Waals surface area contributed by atoms with Crippen molar-refractivity contribution in [2.24, 2.45) is 7.05 Å². The summed E-state index contributed by atoms with van der Waals surface area (Å²) in [4.78, 5) is 4.61. The number of hydrogen-bond acceptors (Lipinski definition) is 5. The molecule has 4 aromatic rings. The van der Waals surface area contributed by atoms with Crippen molar-refractivity contribution in [2.45, 2.75) is 23.9 Å². The number of fused-ring (bicyclic) bond motifs is 1. The molecule has 144 valence electrons. The van der Waals surface area contributed by atoms with Crippen molar-refractivity contribution in [3.8, 4) is 5.75 Å². The first-order valence-electron chi connectivity index (χ1n) is 8.57. The van der Waals surface area contributed by atoms with E-state index in [0.29, 0.717) is 27.4 Å². The largest absolute Gasteiger partial charge is 0.481 e. The maximum Gasteiger partial charge on any atom is 0.191 e. The molecule has 0 bridgehead atoms. The van der Waals surface area contributed by atoms with Crippen LogP contribution in [0.1, 0.15) is 24.5 Å². The third-order valence-electron chi connectivity index (χ3n) is 4.19. The number of benzene rings is 1. The molecule has 1 unspecified atom stereocenters. The second kappa shape index (κ2) is 8.03. The van der Waals surface area contributed by atoms with Gasteiger partial charge in [0.05, 0.1) is 10.7 Å². The van der Waals surface area contributed by atoms with Gasteiger partial charge >= 0.3 is 0 Å². The molecule has 3 aromatic heterocycles. The molecule has 0 spiro atoms. The highest BCUT2D eigenvalue weighted by atomic mass is 35.5. The smallest absolute Gasteiger partial charge is 0.191 e. The van der Waals surface area contributed by atoms with Crippen LogP contribution < -0.4 is 4.74 Å². The third-order valence-corrected chi connectivity index (χ3v) is 5.78. The van der Waals surface area contributed by atoms with Gasteiger partial charge in [-0.25, -0.2) is 4.98 Å². The molecule has 0 aliphatic carbocycles. The quantitative estimate of drug-likeness (QED) is 0.391. The van der Waals surface area contributed by atoms with Gasteiger partial charge < -0.3 is 13.7 Å². The minimum absolute atomic E-state index is 0.319. The Morgan fingerprint density at radius 3 is 2.82 bits per heavy atom. The fourth-order valence-corrected chi connectivity index (χ4v) is 4.07. The summed E-state index contributed by atoms with van der Waals surface area (Å²) >= 11 is 13.7. The average Bonchev–Trinajstić information content (AvgIpc) is 3.25. The Morgan fingerprint density at radius 1 is 1.18 bits per heavy atom. The maximum absolute atomic E-state index is 6.19. The van der Waals surface area contributed by atoms with Gasteiger partial charge in [-0.15, -0.1) is 10.2 Å². The van der Waals surface area contributed by atoms with Crippen molar-refractivity contribution in [3.63, 3.8) is 0 Å². The summed E-state index contributed by atoms with van der Waals surface area (Å²) in [7, 11) is 1.92. The summed E-state index contributed by atoms with van der Waals surface area (Å²) in [6.07, 6.45) is 3.69. The predicted molar refractivity (Wildman–Crippen MR) is 111 cm³/mol. The lowest BCUT2D eigenvalue weighted by Crippen LogP contribution is -2.10. The van der Waals surface area contributed by atoms with E-state index in [-0.39, 0.29) is 6.10 Å². The zero-order chi connectivity index (χ0) is 19.7. The van der Waals surface area contributed by atoms with E-state index in [0.717, 1.165) is 16.5 Å². The van der Waals surface area contributed by atoms with Crippen LogP contribution in [0.25, 0.3) is 5.65 Å². The first kappa shape index (κ1) is 19.1. The van der Waals surface area contributed by atoms with E-state index < -0.39 is 0 Å². The van der Waals surface area contributed by atoms with Crippen LogP contribution in [0.2, 0.25) is 10.0 Å². The Morgan fingerprint density at radius 2 is 2.04 bits per heavy atom. The van der Waals surface area contributed by atoms with E-state index in [9.17, 15) is 0 Å². The molecule has 0 aliphatic rings. The van der Waals surface area contributed by atoms with Crippen LogP contribution in [-0.2, 0) is 12.8 Å².